The number of nitrogens with zero attached hydrogens (tertiary/aromatic N) is 3. The summed E-state index contributed by atoms with van der Waals surface area (Å²) in [5.74, 6) is 0. The van der Waals surface area contributed by atoms with Crippen LogP contribution in [0.3, 0.4) is 0 Å². The molecule has 70 valence electrons. The Morgan fingerprint density at radius 1 is 1.33 bits per heavy atom. The van der Waals surface area contributed by atoms with Crippen LogP contribution in [0.25, 0.3) is 10.4 Å². The Kier molecular flexibility index (Phi) is 7.31. The summed E-state index contributed by atoms with van der Waals surface area (Å²) in [5, 5.41) is 3.77. The molecule has 0 saturated carbocycles. The summed E-state index contributed by atoms with van der Waals surface area (Å²) in [6, 6.07) is 0.125. The second kappa shape index (κ2) is 7.44. The lowest BCUT2D eigenvalue weighted by molar-refractivity contribution is 0.553. The van der Waals surface area contributed by atoms with Gasteiger partial charge in [0, 0.05) is 15.8 Å². The van der Waals surface area contributed by atoms with Crippen molar-refractivity contribution in [2.75, 3.05) is 0 Å². The van der Waals surface area contributed by atoms with Crippen molar-refractivity contribution < 1.29 is 0 Å². The van der Waals surface area contributed by atoms with Crippen molar-refractivity contribution in [3.63, 3.8) is 0 Å². The molecule has 0 aliphatic carbocycles. The largest absolute Gasteiger partial charge is 0.0895 e. The van der Waals surface area contributed by atoms with Gasteiger partial charge in [0.2, 0.25) is 0 Å². The first-order chi connectivity index (χ1) is 5.76. The van der Waals surface area contributed by atoms with E-state index in [2.05, 4.69) is 39.8 Å². The summed E-state index contributed by atoms with van der Waals surface area (Å²) in [5.41, 5.74) is 8.32. The summed E-state index contributed by atoms with van der Waals surface area (Å²) in [7, 11) is 0. The Morgan fingerprint density at radius 2 is 1.92 bits per heavy atom. The van der Waals surface area contributed by atoms with E-state index in [-0.39, 0.29) is 6.04 Å². The minimum atomic E-state index is 0.125. The molecule has 12 heavy (non-hydrogen) atoms. The Morgan fingerprint density at radius 3 is 2.33 bits per heavy atom. The molecule has 3 nitrogen and oxygen atoms in total. The third kappa shape index (κ3) is 4.62. The van der Waals surface area contributed by atoms with E-state index in [1.807, 2.05) is 0 Å². The molecule has 0 N–H and O–H groups in total. The molecule has 0 aromatic heterocycles. The van der Waals surface area contributed by atoms with Crippen LogP contribution >= 0.6 is 15.9 Å². The average molecular weight is 234 g/mol. The lowest BCUT2D eigenvalue weighted by Crippen LogP contribution is -2.17. The molecule has 0 heterocycles. The second-order valence-corrected chi connectivity index (χ2v) is 4.04. The van der Waals surface area contributed by atoms with Crippen LogP contribution < -0.4 is 0 Å². The number of hydrogen-bond donors (Lipinski definition) is 0. The summed E-state index contributed by atoms with van der Waals surface area (Å²) in [6.45, 7) is 4.24. The van der Waals surface area contributed by atoms with E-state index in [1.54, 1.807) is 0 Å². The minimum Gasteiger partial charge on any atom is -0.0895 e. The molecule has 0 fully saturated rings. The van der Waals surface area contributed by atoms with Gasteiger partial charge in [-0.25, -0.2) is 0 Å². The number of halogens is 1. The van der Waals surface area contributed by atoms with Gasteiger partial charge >= 0.3 is 0 Å². The van der Waals surface area contributed by atoms with Gasteiger partial charge in [-0.1, -0.05) is 47.7 Å². The quantitative estimate of drug-likeness (QED) is 0.288. The van der Waals surface area contributed by atoms with Crippen molar-refractivity contribution in [2.45, 2.75) is 50.4 Å². The van der Waals surface area contributed by atoms with Gasteiger partial charge in [-0.15, -0.1) is 0 Å². The van der Waals surface area contributed by atoms with Gasteiger partial charge in [0.25, 0.3) is 0 Å². The van der Waals surface area contributed by atoms with Crippen molar-refractivity contribution in [3.8, 4) is 0 Å². The van der Waals surface area contributed by atoms with Gasteiger partial charge in [-0.2, -0.15) is 0 Å². The smallest absolute Gasteiger partial charge is 0.0499 e. The van der Waals surface area contributed by atoms with E-state index >= 15 is 0 Å². The molecule has 0 aliphatic rings. The Hall–Kier alpha value is -0.210. The van der Waals surface area contributed by atoms with E-state index in [0.717, 1.165) is 25.7 Å². The average Bonchev–Trinajstić information content (AvgIpc) is 2.04. The topological polar surface area (TPSA) is 48.8 Å². The van der Waals surface area contributed by atoms with Crippen LogP contribution in [0.4, 0.5) is 0 Å². The highest BCUT2D eigenvalue weighted by Gasteiger charge is 2.14. The predicted molar refractivity (Wildman–Crippen MR) is 55.5 cm³/mol. The molecule has 4 heteroatoms. The number of rotatable bonds is 6. The summed E-state index contributed by atoms with van der Waals surface area (Å²) >= 11 is 3.54. The lowest BCUT2D eigenvalue weighted by atomic mass is 10.1. The molecule has 0 saturated heterocycles. The maximum Gasteiger partial charge on any atom is 0.0499 e. The summed E-state index contributed by atoms with van der Waals surface area (Å²) in [4.78, 5) is 3.20. The Labute approximate surface area is 82.3 Å². The van der Waals surface area contributed by atoms with Gasteiger partial charge in [0.1, 0.15) is 0 Å². The molecule has 0 aromatic carbocycles. The molecule has 0 rings (SSSR count). The van der Waals surface area contributed by atoms with E-state index in [0.29, 0.717) is 4.83 Å². The molecule has 0 bridgehead atoms. The number of alkyl halides is 1. The minimum absolute atomic E-state index is 0.125. The number of azide groups is 1. The summed E-state index contributed by atoms with van der Waals surface area (Å²) in [6.07, 6.45) is 4.23. The normalized spacial score (nSPS) is 14.9. The molecular formula is C8H16BrN3. The zero-order valence-corrected chi connectivity index (χ0v) is 9.29. The predicted octanol–water partition coefficient (Wildman–Crippen LogP) is 4.03. The van der Waals surface area contributed by atoms with E-state index in [4.69, 9.17) is 5.53 Å². The van der Waals surface area contributed by atoms with Crippen LogP contribution in [-0.2, 0) is 0 Å². The highest BCUT2D eigenvalue weighted by atomic mass is 79.9. The fraction of sp³-hybridized carbons (Fsp3) is 1.00. The van der Waals surface area contributed by atoms with Crippen LogP contribution in [0, 0.1) is 0 Å². The fourth-order valence-corrected chi connectivity index (χ4v) is 1.97. The summed E-state index contributed by atoms with van der Waals surface area (Å²) < 4.78 is 0. The van der Waals surface area contributed by atoms with Crippen molar-refractivity contribution in [3.05, 3.63) is 10.4 Å². The molecular weight excluding hydrogens is 218 g/mol. The van der Waals surface area contributed by atoms with Crippen LogP contribution in [0.2, 0.25) is 0 Å². The van der Waals surface area contributed by atoms with Crippen molar-refractivity contribution in [2.24, 2.45) is 5.11 Å². The zero-order valence-electron chi connectivity index (χ0n) is 7.70. The van der Waals surface area contributed by atoms with E-state index < -0.39 is 0 Å². The standard InChI is InChI=1S/C8H16BrN3/c1-3-5-7(9)8(6-4-2)11-12-10/h7-8H,3-6H2,1-2H3/t7-,8+/m0/s1. The fourth-order valence-electron chi connectivity index (χ4n) is 1.14. The van der Waals surface area contributed by atoms with Gasteiger partial charge in [0.15, 0.2) is 0 Å². The second-order valence-electron chi connectivity index (χ2n) is 2.87. The lowest BCUT2D eigenvalue weighted by Gasteiger charge is -2.15. The molecule has 0 aliphatic heterocycles. The van der Waals surface area contributed by atoms with Gasteiger partial charge in [-0.3, -0.25) is 0 Å². The highest BCUT2D eigenvalue weighted by Crippen LogP contribution is 2.19. The SMILES string of the molecule is CCC[C@H](Br)[C@@H](CCC)N=[N+]=[N-]. The van der Waals surface area contributed by atoms with Crippen molar-refractivity contribution >= 4 is 15.9 Å². The monoisotopic (exact) mass is 233 g/mol. The molecule has 0 spiro atoms. The third-order valence-electron chi connectivity index (χ3n) is 1.77. The van der Waals surface area contributed by atoms with Crippen molar-refractivity contribution in [1.29, 1.82) is 0 Å². The molecule has 0 radical (unpaired) electrons. The highest BCUT2D eigenvalue weighted by molar-refractivity contribution is 9.09. The van der Waals surface area contributed by atoms with Crippen LogP contribution in [0.15, 0.2) is 5.11 Å². The van der Waals surface area contributed by atoms with E-state index in [9.17, 15) is 0 Å². The van der Waals surface area contributed by atoms with Gasteiger partial charge in [0.05, 0.1) is 0 Å². The Bertz CT molecular complexity index is 154. The van der Waals surface area contributed by atoms with Crippen LogP contribution in [-0.4, -0.2) is 10.9 Å². The van der Waals surface area contributed by atoms with Gasteiger partial charge in [-0.05, 0) is 18.4 Å². The van der Waals surface area contributed by atoms with Crippen LogP contribution in [0.5, 0.6) is 0 Å². The zero-order chi connectivity index (χ0) is 9.40. The molecule has 2 atom stereocenters. The first kappa shape index (κ1) is 11.8. The maximum atomic E-state index is 8.32. The molecule has 0 amide bonds. The third-order valence-corrected chi connectivity index (χ3v) is 2.83. The Balaban J connectivity index is 3.98. The van der Waals surface area contributed by atoms with Crippen LogP contribution in [0.1, 0.15) is 39.5 Å². The van der Waals surface area contributed by atoms with Crippen molar-refractivity contribution in [1.82, 2.24) is 0 Å². The molecule has 0 aromatic rings. The first-order valence-electron chi connectivity index (χ1n) is 4.44. The van der Waals surface area contributed by atoms with Gasteiger partial charge < -0.3 is 0 Å². The number of hydrogen-bond acceptors (Lipinski definition) is 1. The first-order valence-corrected chi connectivity index (χ1v) is 5.36. The molecule has 0 unspecified atom stereocenters. The maximum absolute atomic E-state index is 8.32. The van der Waals surface area contributed by atoms with E-state index in [1.165, 1.54) is 0 Å².